The molecule has 1 saturated heterocycles. The van der Waals surface area contributed by atoms with Crippen LogP contribution in [0.1, 0.15) is 24.8 Å². The van der Waals surface area contributed by atoms with Crippen molar-refractivity contribution in [2.75, 3.05) is 31.6 Å². The van der Waals surface area contributed by atoms with Crippen LogP contribution >= 0.6 is 0 Å². The molecule has 0 unspecified atom stereocenters. The molecule has 29 heavy (non-hydrogen) atoms. The number of esters is 1. The summed E-state index contributed by atoms with van der Waals surface area (Å²) in [4.78, 5) is 33.3. The van der Waals surface area contributed by atoms with Gasteiger partial charge in [0.25, 0.3) is 11.6 Å². The Morgan fingerprint density at radius 1 is 1.34 bits per heavy atom. The molecule has 0 aromatic heterocycles. The molecule has 1 aromatic carbocycles. The van der Waals surface area contributed by atoms with Crippen molar-refractivity contribution < 1.29 is 37.2 Å². The number of nitro benzene ring substituents is 1. The van der Waals surface area contributed by atoms with E-state index in [-0.39, 0.29) is 24.8 Å². The van der Waals surface area contributed by atoms with Gasteiger partial charge in [-0.05, 0) is 25.0 Å². The largest absolute Gasteiger partial charge is 0.456 e. The molecule has 0 radical (unpaired) electrons. The van der Waals surface area contributed by atoms with Gasteiger partial charge < -0.3 is 20.1 Å². The molecule has 1 atom stereocenters. The molecule has 1 amide bonds. The molecule has 1 aliphatic rings. The number of halogens is 3. The molecule has 1 heterocycles. The molecule has 0 aliphatic carbocycles. The monoisotopic (exact) mass is 419 g/mol. The summed E-state index contributed by atoms with van der Waals surface area (Å²) >= 11 is 0. The number of nitrogens with zero attached hydrogens (tertiary/aromatic N) is 1. The molecule has 2 rings (SSSR count). The van der Waals surface area contributed by atoms with Crippen molar-refractivity contribution >= 4 is 23.3 Å². The number of ether oxygens (including phenoxy) is 2. The Kier molecular flexibility index (Phi) is 7.76. The van der Waals surface area contributed by atoms with Crippen molar-refractivity contribution in [1.82, 2.24) is 5.32 Å². The van der Waals surface area contributed by atoms with Crippen molar-refractivity contribution in [1.29, 1.82) is 0 Å². The second-order valence-electron chi connectivity index (χ2n) is 6.26. The standard InChI is InChI=1S/C17H20F3N3O6/c18-17(19,20)11-3-4-13(14(8-11)23(26)27)21-6-5-16(25)29-10-15(24)22-9-12-2-1-7-28-12/h3-4,8,12,21H,1-2,5-7,9-10H2,(H,22,24)/t12-/m1/s1. The second-order valence-corrected chi connectivity index (χ2v) is 6.26. The van der Waals surface area contributed by atoms with Crippen LogP contribution in [0, 0.1) is 10.1 Å². The summed E-state index contributed by atoms with van der Waals surface area (Å²) in [6.45, 7) is 0.379. The molecule has 1 aliphatic heterocycles. The smallest absolute Gasteiger partial charge is 0.416 e. The van der Waals surface area contributed by atoms with Crippen LogP contribution in [0.15, 0.2) is 18.2 Å². The normalized spacial score (nSPS) is 16.3. The highest BCUT2D eigenvalue weighted by atomic mass is 19.4. The Morgan fingerprint density at radius 2 is 2.10 bits per heavy atom. The van der Waals surface area contributed by atoms with Gasteiger partial charge in [0, 0.05) is 25.8 Å². The van der Waals surface area contributed by atoms with Crippen LogP contribution in [-0.4, -0.2) is 49.2 Å². The summed E-state index contributed by atoms with van der Waals surface area (Å²) in [7, 11) is 0. The Balaban J connectivity index is 1.75. The van der Waals surface area contributed by atoms with Gasteiger partial charge in [0.05, 0.1) is 23.0 Å². The quantitative estimate of drug-likeness (QED) is 0.358. The first-order valence-corrected chi connectivity index (χ1v) is 8.80. The fraction of sp³-hybridized carbons (Fsp3) is 0.529. The van der Waals surface area contributed by atoms with Crippen molar-refractivity contribution in [2.24, 2.45) is 0 Å². The number of nitrogens with one attached hydrogen (secondary N) is 2. The Hall–Kier alpha value is -2.89. The van der Waals surface area contributed by atoms with E-state index < -0.39 is 40.8 Å². The number of alkyl halides is 3. The average molecular weight is 419 g/mol. The third kappa shape index (κ3) is 7.22. The number of anilines is 1. The van der Waals surface area contributed by atoms with E-state index >= 15 is 0 Å². The molecule has 0 saturated carbocycles. The predicted molar refractivity (Wildman–Crippen MR) is 94.1 cm³/mol. The fourth-order valence-electron chi connectivity index (χ4n) is 2.61. The van der Waals surface area contributed by atoms with Crippen molar-refractivity contribution in [3.8, 4) is 0 Å². The molecular weight excluding hydrogens is 399 g/mol. The topological polar surface area (TPSA) is 120 Å². The van der Waals surface area contributed by atoms with Gasteiger partial charge in [-0.2, -0.15) is 13.2 Å². The molecule has 9 nitrogen and oxygen atoms in total. The van der Waals surface area contributed by atoms with Gasteiger partial charge in [0.1, 0.15) is 5.69 Å². The van der Waals surface area contributed by atoms with Crippen molar-refractivity contribution in [3.05, 3.63) is 33.9 Å². The van der Waals surface area contributed by atoms with Gasteiger partial charge in [-0.3, -0.25) is 19.7 Å². The van der Waals surface area contributed by atoms with Gasteiger partial charge in [-0.15, -0.1) is 0 Å². The molecule has 160 valence electrons. The first-order valence-electron chi connectivity index (χ1n) is 8.80. The summed E-state index contributed by atoms with van der Waals surface area (Å²) in [6, 6.07) is 2.04. The van der Waals surface area contributed by atoms with E-state index in [0.717, 1.165) is 18.9 Å². The van der Waals surface area contributed by atoms with Crippen LogP contribution in [0.25, 0.3) is 0 Å². The maximum atomic E-state index is 12.7. The van der Waals surface area contributed by atoms with Crippen molar-refractivity contribution in [2.45, 2.75) is 31.5 Å². The number of nitro groups is 1. The van der Waals surface area contributed by atoms with Gasteiger partial charge >= 0.3 is 12.1 Å². The number of carbonyl (C=O) groups is 2. The number of amides is 1. The second kappa shape index (κ2) is 10.0. The Bertz CT molecular complexity index is 750. The molecule has 12 heteroatoms. The van der Waals surface area contributed by atoms with Gasteiger partial charge in [-0.25, -0.2) is 0 Å². The number of hydrogen-bond donors (Lipinski definition) is 2. The van der Waals surface area contributed by atoms with Gasteiger partial charge in [0.15, 0.2) is 6.61 Å². The summed E-state index contributed by atoms with van der Waals surface area (Å²) < 4.78 is 48.1. The van der Waals surface area contributed by atoms with Crippen LogP contribution in [-0.2, 0) is 25.2 Å². The van der Waals surface area contributed by atoms with Crippen LogP contribution in [0.5, 0.6) is 0 Å². The number of hydrogen-bond acceptors (Lipinski definition) is 7. The van der Waals surface area contributed by atoms with E-state index in [4.69, 9.17) is 9.47 Å². The lowest BCUT2D eigenvalue weighted by Crippen LogP contribution is -2.34. The van der Waals surface area contributed by atoms with Gasteiger partial charge in [-0.1, -0.05) is 0 Å². The average Bonchev–Trinajstić information content (AvgIpc) is 3.17. The summed E-state index contributed by atoms with van der Waals surface area (Å²) in [5.74, 6) is -1.22. The highest BCUT2D eigenvalue weighted by molar-refractivity contribution is 5.80. The highest BCUT2D eigenvalue weighted by Gasteiger charge is 2.33. The van der Waals surface area contributed by atoms with E-state index in [0.29, 0.717) is 25.3 Å². The minimum atomic E-state index is -4.71. The molecule has 0 spiro atoms. The summed E-state index contributed by atoms with van der Waals surface area (Å²) in [5, 5.41) is 16.1. The lowest BCUT2D eigenvalue weighted by Gasteiger charge is -2.11. The maximum absolute atomic E-state index is 12.7. The lowest BCUT2D eigenvalue weighted by atomic mass is 10.1. The van der Waals surface area contributed by atoms with E-state index in [1.165, 1.54) is 0 Å². The van der Waals surface area contributed by atoms with Crippen LogP contribution < -0.4 is 10.6 Å². The van der Waals surface area contributed by atoms with E-state index in [9.17, 15) is 32.9 Å². The van der Waals surface area contributed by atoms with Gasteiger partial charge in [0.2, 0.25) is 0 Å². The zero-order valence-corrected chi connectivity index (χ0v) is 15.3. The zero-order chi connectivity index (χ0) is 21.4. The summed E-state index contributed by atoms with van der Waals surface area (Å²) in [6.07, 6.45) is -3.21. The molecule has 2 N–H and O–H groups in total. The third-order valence-corrected chi connectivity index (χ3v) is 4.08. The first kappa shape index (κ1) is 22.4. The zero-order valence-electron chi connectivity index (χ0n) is 15.3. The van der Waals surface area contributed by atoms with E-state index in [1.54, 1.807) is 0 Å². The maximum Gasteiger partial charge on any atom is 0.416 e. The predicted octanol–water partition coefficient (Wildman–Crippen LogP) is 2.25. The number of carbonyl (C=O) groups excluding carboxylic acids is 2. The Labute approximate surface area is 163 Å². The molecule has 0 bridgehead atoms. The lowest BCUT2D eigenvalue weighted by molar-refractivity contribution is -0.384. The Morgan fingerprint density at radius 3 is 2.72 bits per heavy atom. The van der Waals surface area contributed by atoms with Crippen LogP contribution in [0.4, 0.5) is 24.5 Å². The number of rotatable bonds is 9. The van der Waals surface area contributed by atoms with Crippen LogP contribution in [0.3, 0.4) is 0 Å². The first-order chi connectivity index (χ1) is 13.7. The third-order valence-electron chi connectivity index (χ3n) is 4.08. The van der Waals surface area contributed by atoms with E-state index in [1.807, 2.05) is 0 Å². The van der Waals surface area contributed by atoms with Crippen LogP contribution in [0.2, 0.25) is 0 Å². The number of benzene rings is 1. The fourth-order valence-corrected chi connectivity index (χ4v) is 2.61. The minimum Gasteiger partial charge on any atom is -0.456 e. The SMILES string of the molecule is O=C(COC(=O)CCNc1ccc(C(F)(F)F)cc1[N+](=O)[O-])NC[C@H]1CCCO1. The van der Waals surface area contributed by atoms with Crippen molar-refractivity contribution in [3.63, 3.8) is 0 Å². The summed E-state index contributed by atoms with van der Waals surface area (Å²) in [5.41, 5.74) is -2.07. The molecule has 1 aromatic rings. The highest BCUT2D eigenvalue weighted by Crippen LogP contribution is 2.34. The molecule has 1 fully saturated rings. The molecular formula is C17H20F3N3O6. The minimum absolute atomic E-state index is 0.0432. The van der Waals surface area contributed by atoms with E-state index in [2.05, 4.69) is 10.6 Å².